The number of urea groups is 1. The average molecular weight is 436 g/mol. The molecule has 32 heavy (non-hydrogen) atoms. The molecule has 1 spiro atoms. The summed E-state index contributed by atoms with van der Waals surface area (Å²) in [6.07, 6.45) is 2.51. The van der Waals surface area contributed by atoms with Crippen LogP contribution >= 0.6 is 0 Å². The number of likely N-dealkylation sites (tertiary alicyclic amines) is 1. The van der Waals surface area contributed by atoms with Gasteiger partial charge in [-0.1, -0.05) is 48.5 Å². The number of amides is 3. The van der Waals surface area contributed by atoms with E-state index in [0.717, 1.165) is 30.8 Å². The molecule has 7 heteroatoms. The van der Waals surface area contributed by atoms with Gasteiger partial charge in [-0.15, -0.1) is 0 Å². The SMILES string of the molecule is O=C1NC2(CCOc3ccccc32)C(=O)N1CCCN1CCC(O)(c2ccccc2)CC1. The van der Waals surface area contributed by atoms with Crippen LogP contribution in [0.15, 0.2) is 54.6 Å². The molecule has 2 fully saturated rings. The van der Waals surface area contributed by atoms with Crippen molar-refractivity contribution in [2.45, 2.75) is 36.8 Å². The molecule has 3 amide bonds. The van der Waals surface area contributed by atoms with Crippen molar-refractivity contribution in [2.24, 2.45) is 0 Å². The highest BCUT2D eigenvalue weighted by Crippen LogP contribution is 2.41. The Morgan fingerprint density at radius 1 is 0.938 bits per heavy atom. The Balaban J connectivity index is 1.17. The lowest BCUT2D eigenvalue weighted by atomic mass is 9.84. The van der Waals surface area contributed by atoms with E-state index in [0.29, 0.717) is 44.6 Å². The first-order valence-electron chi connectivity index (χ1n) is 11.4. The number of para-hydroxylation sites is 1. The number of ether oxygens (including phenoxy) is 1. The van der Waals surface area contributed by atoms with Gasteiger partial charge in [-0.3, -0.25) is 9.69 Å². The summed E-state index contributed by atoms with van der Waals surface area (Å²) in [6.45, 7) is 3.15. The van der Waals surface area contributed by atoms with Gasteiger partial charge in [-0.2, -0.15) is 0 Å². The van der Waals surface area contributed by atoms with Gasteiger partial charge in [0.15, 0.2) is 5.54 Å². The van der Waals surface area contributed by atoms with E-state index in [2.05, 4.69) is 10.2 Å². The molecular weight excluding hydrogens is 406 g/mol. The lowest BCUT2D eigenvalue weighted by Crippen LogP contribution is -2.47. The number of nitrogens with zero attached hydrogens (tertiary/aromatic N) is 2. The number of imide groups is 1. The third kappa shape index (κ3) is 3.55. The van der Waals surface area contributed by atoms with E-state index < -0.39 is 11.1 Å². The molecule has 2 N–H and O–H groups in total. The number of aliphatic hydroxyl groups is 1. The minimum atomic E-state index is -1.01. The van der Waals surface area contributed by atoms with Crippen LogP contribution in [0.5, 0.6) is 5.75 Å². The second-order valence-electron chi connectivity index (χ2n) is 8.98. The van der Waals surface area contributed by atoms with Crippen molar-refractivity contribution in [3.63, 3.8) is 0 Å². The van der Waals surface area contributed by atoms with Crippen molar-refractivity contribution < 1.29 is 19.4 Å². The van der Waals surface area contributed by atoms with E-state index in [9.17, 15) is 14.7 Å². The van der Waals surface area contributed by atoms with Crippen molar-refractivity contribution in [1.29, 1.82) is 0 Å². The molecule has 2 aromatic rings. The van der Waals surface area contributed by atoms with Crippen LogP contribution in [0.2, 0.25) is 0 Å². The van der Waals surface area contributed by atoms with Gasteiger partial charge in [0, 0.05) is 31.6 Å². The molecule has 2 saturated heterocycles. The molecule has 5 rings (SSSR count). The van der Waals surface area contributed by atoms with Crippen LogP contribution < -0.4 is 10.1 Å². The quantitative estimate of drug-likeness (QED) is 0.706. The predicted molar refractivity (Wildman–Crippen MR) is 119 cm³/mol. The highest BCUT2D eigenvalue weighted by atomic mass is 16.5. The van der Waals surface area contributed by atoms with Crippen molar-refractivity contribution in [2.75, 3.05) is 32.8 Å². The third-order valence-electron chi connectivity index (χ3n) is 7.11. The molecular formula is C25H29N3O4. The molecule has 0 saturated carbocycles. The maximum atomic E-state index is 13.3. The predicted octanol–water partition coefficient (Wildman–Crippen LogP) is 2.59. The molecule has 7 nitrogen and oxygen atoms in total. The molecule has 168 valence electrons. The van der Waals surface area contributed by atoms with Crippen LogP contribution in [0.4, 0.5) is 4.79 Å². The number of fused-ring (bicyclic) bond motifs is 2. The summed E-state index contributed by atoms with van der Waals surface area (Å²) < 4.78 is 5.69. The number of rotatable bonds is 5. The summed E-state index contributed by atoms with van der Waals surface area (Å²) in [4.78, 5) is 29.7. The summed E-state index contributed by atoms with van der Waals surface area (Å²) in [5, 5.41) is 14.0. The largest absolute Gasteiger partial charge is 0.493 e. The summed E-state index contributed by atoms with van der Waals surface area (Å²) in [7, 11) is 0. The zero-order valence-corrected chi connectivity index (χ0v) is 18.1. The lowest BCUT2D eigenvalue weighted by Gasteiger charge is -2.38. The number of benzene rings is 2. The van der Waals surface area contributed by atoms with Gasteiger partial charge in [0.2, 0.25) is 0 Å². The number of hydrogen-bond donors (Lipinski definition) is 2. The smallest absolute Gasteiger partial charge is 0.325 e. The normalized spacial score (nSPS) is 24.8. The molecule has 2 aromatic carbocycles. The summed E-state index contributed by atoms with van der Waals surface area (Å²) in [5.41, 5.74) is -0.0708. The van der Waals surface area contributed by atoms with Crippen LogP contribution in [0.3, 0.4) is 0 Å². The van der Waals surface area contributed by atoms with Crippen molar-refractivity contribution in [3.8, 4) is 5.75 Å². The highest BCUT2D eigenvalue weighted by molar-refractivity contribution is 6.07. The number of hydrogen-bond acceptors (Lipinski definition) is 5. The summed E-state index contributed by atoms with van der Waals surface area (Å²) in [5.74, 6) is 0.476. The second kappa shape index (κ2) is 8.22. The second-order valence-corrected chi connectivity index (χ2v) is 8.98. The summed E-state index contributed by atoms with van der Waals surface area (Å²) >= 11 is 0. The standard InChI is InChI=1S/C25H29N3O4/c29-22-25(13-18-32-21-10-5-4-9-20(21)25)26-23(30)28(22)15-6-14-27-16-11-24(31,12-17-27)19-7-2-1-3-8-19/h1-5,7-10,31H,6,11-18H2,(H,26,30). The molecule has 3 aliphatic rings. The van der Waals surface area contributed by atoms with Crippen LogP contribution in [-0.4, -0.2) is 59.6 Å². The first-order valence-corrected chi connectivity index (χ1v) is 11.4. The van der Waals surface area contributed by atoms with Crippen LogP contribution in [0, 0.1) is 0 Å². The molecule has 3 aliphatic heterocycles. The van der Waals surface area contributed by atoms with Gasteiger partial charge in [-0.25, -0.2) is 4.79 Å². The molecule has 1 unspecified atom stereocenters. The maximum absolute atomic E-state index is 13.3. The van der Waals surface area contributed by atoms with Gasteiger partial charge >= 0.3 is 6.03 Å². The monoisotopic (exact) mass is 435 g/mol. The fourth-order valence-electron chi connectivity index (χ4n) is 5.21. The summed E-state index contributed by atoms with van der Waals surface area (Å²) in [6, 6.07) is 16.9. The number of piperidine rings is 1. The molecule has 0 radical (unpaired) electrons. The molecule has 1 atom stereocenters. The lowest BCUT2D eigenvalue weighted by molar-refractivity contribution is -0.132. The Morgan fingerprint density at radius 2 is 1.66 bits per heavy atom. The Bertz CT molecular complexity index is 1000. The van der Waals surface area contributed by atoms with Crippen molar-refractivity contribution in [1.82, 2.24) is 15.1 Å². The van der Waals surface area contributed by atoms with Crippen molar-refractivity contribution >= 4 is 11.9 Å². The number of carbonyl (C=O) groups excluding carboxylic acids is 2. The third-order valence-corrected chi connectivity index (χ3v) is 7.11. The van der Waals surface area contributed by atoms with E-state index in [4.69, 9.17) is 4.74 Å². The fourth-order valence-corrected chi connectivity index (χ4v) is 5.21. The first-order chi connectivity index (χ1) is 15.5. The minimum absolute atomic E-state index is 0.185. The van der Waals surface area contributed by atoms with E-state index >= 15 is 0 Å². The molecule has 0 bridgehead atoms. The van der Waals surface area contributed by atoms with Crippen LogP contribution in [0.25, 0.3) is 0 Å². The first kappa shape index (κ1) is 21.0. The Hall–Kier alpha value is -2.90. The van der Waals surface area contributed by atoms with E-state index in [1.54, 1.807) is 0 Å². The van der Waals surface area contributed by atoms with Crippen molar-refractivity contribution in [3.05, 3.63) is 65.7 Å². The number of nitrogens with one attached hydrogen (secondary N) is 1. The van der Waals surface area contributed by atoms with Gasteiger partial charge in [0.1, 0.15) is 5.75 Å². The van der Waals surface area contributed by atoms with E-state index in [1.807, 2.05) is 54.6 Å². The Kier molecular flexibility index (Phi) is 5.39. The minimum Gasteiger partial charge on any atom is -0.493 e. The van der Waals surface area contributed by atoms with Gasteiger partial charge in [-0.05, 0) is 37.4 Å². The average Bonchev–Trinajstić information content (AvgIpc) is 3.06. The fraction of sp³-hybridized carbons (Fsp3) is 0.440. The highest BCUT2D eigenvalue weighted by Gasteiger charge is 2.54. The van der Waals surface area contributed by atoms with Gasteiger partial charge < -0.3 is 20.1 Å². The van der Waals surface area contributed by atoms with Gasteiger partial charge in [0.25, 0.3) is 5.91 Å². The Morgan fingerprint density at radius 3 is 2.44 bits per heavy atom. The zero-order valence-electron chi connectivity index (χ0n) is 18.1. The molecule has 3 heterocycles. The molecule has 0 aromatic heterocycles. The van der Waals surface area contributed by atoms with Gasteiger partial charge in [0.05, 0.1) is 12.2 Å². The zero-order chi connectivity index (χ0) is 22.2. The number of carbonyl (C=O) groups is 2. The Labute approximate surface area is 188 Å². The van der Waals surface area contributed by atoms with Crippen LogP contribution in [-0.2, 0) is 15.9 Å². The van der Waals surface area contributed by atoms with E-state index in [1.165, 1.54) is 4.90 Å². The maximum Gasteiger partial charge on any atom is 0.325 e. The molecule has 0 aliphatic carbocycles. The topological polar surface area (TPSA) is 82.1 Å². The van der Waals surface area contributed by atoms with E-state index in [-0.39, 0.29) is 11.9 Å². The van der Waals surface area contributed by atoms with Crippen LogP contribution in [0.1, 0.15) is 36.8 Å².